The first-order chi connectivity index (χ1) is 16.2. The van der Waals surface area contributed by atoms with Gasteiger partial charge in [0.25, 0.3) is 5.95 Å². The van der Waals surface area contributed by atoms with E-state index in [-0.39, 0.29) is 5.82 Å². The molecule has 0 amide bonds. The molecule has 1 aliphatic rings. The molecule has 1 saturated heterocycles. The van der Waals surface area contributed by atoms with Gasteiger partial charge in [0.2, 0.25) is 0 Å². The van der Waals surface area contributed by atoms with E-state index >= 15 is 0 Å². The van der Waals surface area contributed by atoms with E-state index in [1.807, 2.05) is 4.68 Å². The number of nitrogens with zero attached hydrogens (tertiary/aromatic N) is 5. The molecule has 33 heavy (non-hydrogen) atoms. The number of halogens is 1. The summed E-state index contributed by atoms with van der Waals surface area (Å²) in [6, 6.07) is 21.7. The standard InChI is InChI=1S/C27H28FN5/c1-32-19-22(11-15-24(32)14-8-20-6-3-2-4-7-20)26-18-25(21-9-12-23(28)13-10-21)31-33(26)27-29-16-5-17-30-27/h2-7,9-10,12-13,16-18,22,24H,8,11,14-15,19H2,1H3/t22-,24+/m1/s1. The molecule has 2 aromatic carbocycles. The molecule has 4 aromatic rings. The van der Waals surface area contributed by atoms with E-state index in [9.17, 15) is 4.39 Å². The van der Waals surface area contributed by atoms with Crippen molar-refractivity contribution < 1.29 is 4.39 Å². The van der Waals surface area contributed by atoms with Gasteiger partial charge < -0.3 is 4.90 Å². The van der Waals surface area contributed by atoms with Crippen molar-refractivity contribution >= 4 is 0 Å². The van der Waals surface area contributed by atoms with Crippen molar-refractivity contribution in [1.82, 2.24) is 24.6 Å². The summed E-state index contributed by atoms with van der Waals surface area (Å²) < 4.78 is 15.3. The predicted molar refractivity (Wildman–Crippen MR) is 128 cm³/mol. The lowest BCUT2D eigenvalue weighted by molar-refractivity contribution is 0.156. The van der Waals surface area contributed by atoms with Crippen LogP contribution in [0.4, 0.5) is 4.39 Å². The monoisotopic (exact) mass is 441 g/mol. The van der Waals surface area contributed by atoms with E-state index in [0.29, 0.717) is 17.9 Å². The van der Waals surface area contributed by atoms with Crippen molar-refractivity contribution in [2.45, 2.75) is 37.6 Å². The normalized spacial score (nSPS) is 19.0. The van der Waals surface area contributed by atoms with Gasteiger partial charge in [0, 0.05) is 36.5 Å². The molecule has 1 aliphatic heterocycles. The summed E-state index contributed by atoms with van der Waals surface area (Å²) in [6.07, 6.45) is 7.96. The Morgan fingerprint density at radius 3 is 2.42 bits per heavy atom. The van der Waals surface area contributed by atoms with Crippen molar-refractivity contribution in [2.24, 2.45) is 0 Å². The van der Waals surface area contributed by atoms with Crippen LogP contribution in [0.5, 0.6) is 0 Å². The largest absolute Gasteiger partial charge is 0.303 e. The van der Waals surface area contributed by atoms with Crippen molar-refractivity contribution in [3.63, 3.8) is 0 Å². The van der Waals surface area contributed by atoms with Gasteiger partial charge in [-0.05, 0) is 74.7 Å². The molecule has 0 N–H and O–H groups in total. The number of hydrogen-bond donors (Lipinski definition) is 0. The molecule has 2 atom stereocenters. The van der Waals surface area contributed by atoms with Gasteiger partial charge in [0.05, 0.1) is 11.4 Å². The Hall–Kier alpha value is -3.38. The smallest absolute Gasteiger partial charge is 0.250 e. The highest BCUT2D eigenvalue weighted by Gasteiger charge is 2.30. The molecule has 0 spiro atoms. The van der Waals surface area contributed by atoms with E-state index in [2.05, 4.69) is 58.3 Å². The molecular weight excluding hydrogens is 413 g/mol. The summed E-state index contributed by atoms with van der Waals surface area (Å²) in [4.78, 5) is 11.4. The first kappa shape index (κ1) is 21.5. The number of likely N-dealkylation sites (tertiary alicyclic amines) is 1. The summed E-state index contributed by atoms with van der Waals surface area (Å²) in [5.41, 5.74) is 4.20. The van der Waals surface area contributed by atoms with Gasteiger partial charge in [-0.25, -0.2) is 19.0 Å². The lowest BCUT2D eigenvalue weighted by Gasteiger charge is -2.37. The number of aromatic nitrogens is 4. The molecule has 0 bridgehead atoms. The van der Waals surface area contributed by atoms with Crippen molar-refractivity contribution in [3.05, 3.63) is 96.2 Å². The molecule has 5 nitrogen and oxygen atoms in total. The van der Waals surface area contributed by atoms with E-state index in [1.165, 1.54) is 17.7 Å². The third-order valence-corrected chi connectivity index (χ3v) is 6.63. The lowest BCUT2D eigenvalue weighted by atomic mass is 9.88. The maximum Gasteiger partial charge on any atom is 0.250 e. The Balaban J connectivity index is 1.37. The van der Waals surface area contributed by atoms with Gasteiger partial charge in [-0.15, -0.1) is 0 Å². The molecule has 6 heteroatoms. The maximum absolute atomic E-state index is 13.4. The summed E-state index contributed by atoms with van der Waals surface area (Å²) >= 11 is 0. The minimum absolute atomic E-state index is 0.250. The first-order valence-electron chi connectivity index (χ1n) is 11.5. The number of rotatable bonds is 6. The minimum atomic E-state index is -0.250. The van der Waals surface area contributed by atoms with Crippen LogP contribution in [0.25, 0.3) is 17.2 Å². The van der Waals surface area contributed by atoms with Crippen molar-refractivity contribution in [3.8, 4) is 17.2 Å². The van der Waals surface area contributed by atoms with Crippen molar-refractivity contribution in [1.29, 1.82) is 0 Å². The number of likely N-dealkylation sites (N-methyl/N-ethyl adjacent to an activating group) is 1. The highest BCUT2D eigenvalue weighted by molar-refractivity contribution is 5.60. The third kappa shape index (κ3) is 4.86. The zero-order valence-electron chi connectivity index (χ0n) is 18.8. The van der Waals surface area contributed by atoms with Gasteiger partial charge in [0.1, 0.15) is 5.82 Å². The topological polar surface area (TPSA) is 46.8 Å². The molecule has 0 saturated carbocycles. The first-order valence-corrected chi connectivity index (χ1v) is 11.5. The molecule has 1 fully saturated rings. The summed E-state index contributed by atoms with van der Waals surface area (Å²) in [6.45, 7) is 0.959. The molecular formula is C27H28FN5. The lowest BCUT2D eigenvalue weighted by Crippen LogP contribution is -2.40. The Labute approximate surface area is 193 Å². The van der Waals surface area contributed by atoms with E-state index in [4.69, 9.17) is 5.10 Å². The van der Waals surface area contributed by atoms with Crippen molar-refractivity contribution in [2.75, 3.05) is 13.6 Å². The quantitative estimate of drug-likeness (QED) is 0.408. The predicted octanol–water partition coefficient (Wildman–Crippen LogP) is 5.28. The van der Waals surface area contributed by atoms with Gasteiger partial charge in [-0.1, -0.05) is 30.3 Å². The van der Waals surface area contributed by atoms with Crippen LogP contribution in [0.15, 0.2) is 79.1 Å². The van der Waals surface area contributed by atoms with Gasteiger partial charge in [-0.3, -0.25) is 0 Å². The fraction of sp³-hybridized carbons (Fsp3) is 0.296. The molecule has 0 aliphatic carbocycles. The van der Waals surface area contributed by atoms with Crippen LogP contribution < -0.4 is 0 Å². The zero-order chi connectivity index (χ0) is 22.6. The SMILES string of the molecule is CN1C[C@H](c2cc(-c3ccc(F)cc3)nn2-c2ncccn2)CC[C@@H]1CCc1ccccc1. The van der Waals surface area contributed by atoms with E-state index in [1.54, 1.807) is 30.6 Å². The van der Waals surface area contributed by atoms with Crippen LogP contribution >= 0.6 is 0 Å². The molecule has 2 aromatic heterocycles. The fourth-order valence-electron chi connectivity index (χ4n) is 4.79. The number of hydrogen-bond acceptors (Lipinski definition) is 4. The second kappa shape index (κ2) is 9.63. The van der Waals surface area contributed by atoms with Crippen LogP contribution in [0, 0.1) is 5.82 Å². The highest BCUT2D eigenvalue weighted by atomic mass is 19.1. The number of benzene rings is 2. The number of aryl methyl sites for hydroxylation is 1. The van der Waals surface area contributed by atoms with Crippen LogP contribution in [-0.4, -0.2) is 44.3 Å². The van der Waals surface area contributed by atoms with E-state index < -0.39 is 0 Å². The highest BCUT2D eigenvalue weighted by Crippen LogP contribution is 2.34. The summed E-state index contributed by atoms with van der Waals surface area (Å²) in [5, 5.41) is 4.83. The third-order valence-electron chi connectivity index (χ3n) is 6.63. The maximum atomic E-state index is 13.4. The summed E-state index contributed by atoms with van der Waals surface area (Å²) in [5.74, 6) is 0.642. The number of piperidine rings is 1. The zero-order valence-corrected chi connectivity index (χ0v) is 18.8. The Morgan fingerprint density at radius 2 is 1.70 bits per heavy atom. The Kier molecular flexibility index (Phi) is 6.26. The van der Waals surface area contributed by atoms with E-state index in [0.717, 1.165) is 49.2 Å². The Bertz CT molecular complexity index is 1170. The second-order valence-electron chi connectivity index (χ2n) is 8.81. The van der Waals surface area contributed by atoms with Gasteiger partial charge >= 0.3 is 0 Å². The summed E-state index contributed by atoms with van der Waals surface area (Å²) in [7, 11) is 2.22. The fourth-order valence-corrected chi connectivity index (χ4v) is 4.79. The van der Waals surface area contributed by atoms with Crippen LogP contribution in [-0.2, 0) is 6.42 Å². The van der Waals surface area contributed by atoms with Crippen LogP contribution in [0.2, 0.25) is 0 Å². The average molecular weight is 442 g/mol. The van der Waals surface area contributed by atoms with Crippen LogP contribution in [0.1, 0.15) is 36.4 Å². The van der Waals surface area contributed by atoms with Gasteiger partial charge in [0.15, 0.2) is 0 Å². The molecule has 0 unspecified atom stereocenters. The van der Waals surface area contributed by atoms with Crippen LogP contribution in [0.3, 0.4) is 0 Å². The minimum Gasteiger partial charge on any atom is -0.303 e. The average Bonchev–Trinajstić information content (AvgIpc) is 3.30. The molecule has 5 rings (SSSR count). The second-order valence-corrected chi connectivity index (χ2v) is 8.81. The Morgan fingerprint density at radius 1 is 0.939 bits per heavy atom. The molecule has 168 valence electrons. The molecule has 0 radical (unpaired) electrons. The van der Waals surface area contributed by atoms with Gasteiger partial charge in [-0.2, -0.15) is 5.10 Å². The molecule has 3 heterocycles.